The van der Waals surface area contributed by atoms with Crippen LogP contribution in [0.5, 0.6) is 0 Å². The number of ether oxygens (including phenoxy) is 1. The third-order valence-corrected chi connectivity index (χ3v) is 3.49. The number of nitrogens with zero attached hydrogens (tertiary/aromatic N) is 1. The van der Waals surface area contributed by atoms with Crippen LogP contribution in [0.3, 0.4) is 0 Å². The largest absolute Gasteiger partial charge is 0.379 e. The van der Waals surface area contributed by atoms with Gasteiger partial charge in [-0.1, -0.05) is 18.2 Å². The molecule has 19 heavy (non-hydrogen) atoms. The molecule has 1 aromatic rings. The van der Waals surface area contributed by atoms with E-state index in [0.29, 0.717) is 6.10 Å². The molecule has 1 aliphatic heterocycles. The van der Waals surface area contributed by atoms with Crippen LogP contribution in [0.2, 0.25) is 0 Å². The lowest BCUT2D eigenvalue weighted by molar-refractivity contribution is 0.0771. The molecule has 0 unspecified atom stereocenters. The van der Waals surface area contributed by atoms with Crippen molar-refractivity contribution in [1.29, 1.82) is 0 Å². The van der Waals surface area contributed by atoms with E-state index < -0.39 is 0 Å². The third kappa shape index (κ3) is 4.51. The number of anilines is 1. The zero-order chi connectivity index (χ0) is 13.5. The predicted octanol–water partition coefficient (Wildman–Crippen LogP) is 2.45. The van der Waals surface area contributed by atoms with Crippen LogP contribution in [0, 0.1) is 0 Å². The molecule has 0 radical (unpaired) electrons. The number of benzene rings is 1. The topological polar surface area (TPSA) is 24.5 Å². The van der Waals surface area contributed by atoms with Crippen molar-refractivity contribution in [3.05, 3.63) is 29.8 Å². The Kier molecular flexibility index (Phi) is 5.67. The Balaban J connectivity index is 1.57. The Labute approximate surface area is 116 Å². The molecule has 0 saturated carbocycles. The number of rotatable bonds is 8. The summed E-state index contributed by atoms with van der Waals surface area (Å²) in [7, 11) is 0. The average molecular weight is 262 g/mol. The van der Waals surface area contributed by atoms with E-state index in [2.05, 4.69) is 48.3 Å². The van der Waals surface area contributed by atoms with E-state index in [1.165, 1.54) is 17.7 Å². The van der Waals surface area contributed by atoms with Crippen LogP contribution in [-0.4, -0.2) is 38.9 Å². The summed E-state index contributed by atoms with van der Waals surface area (Å²) < 4.78 is 5.52. The van der Waals surface area contributed by atoms with Gasteiger partial charge in [0.1, 0.15) is 0 Å². The van der Waals surface area contributed by atoms with Crippen molar-refractivity contribution >= 4 is 5.69 Å². The molecule has 0 saturated heterocycles. The van der Waals surface area contributed by atoms with Gasteiger partial charge in [-0.15, -0.1) is 0 Å². The molecule has 1 aliphatic rings. The molecule has 0 atom stereocenters. The highest BCUT2D eigenvalue weighted by atomic mass is 16.5. The monoisotopic (exact) mass is 262 g/mol. The van der Waals surface area contributed by atoms with Crippen molar-refractivity contribution in [3.63, 3.8) is 0 Å². The van der Waals surface area contributed by atoms with Gasteiger partial charge in [0.05, 0.1) is 6.10 Å². The van der Waals surface area contributed by atoms with E-state index in [9.17, 15) is 0 Å². The average Bonchev–Trinajstić information content (AvgIpc) is 2.81. The summed E-state index contributed by atoms with van der Waals surface area (Å²) in [4.78, 5) is 2.48. The van der Waals surface area contributed by atoms with E-state index >= 15 is 0 Å². The highest BCUT2D eigenvalue weighted by Gasteiger charge is 2.16. The Morgan fingerprint density at radius 1 is 1.26 bits per heavy atom. The Morgan fingerprint density at radius 3 is 2.95 bits per heavy atom. The van der Waals surface area contributed by atoms with Crippen LogP contribution in [0.1, 0.15) is 25.8 Å². The van der Waals surface area contributed by atoms with Gasteiger partial charge in [-0.25, -0.2) is 0 Å². The van der Waals surface area contributed by atoms with Crippen molar-refractivity contribution in [2.45, 2.75) is 32.8 Å². The van der Waals surface area contributed by atoms with Crippen molar-refractivity contribution in [3.8, 4) is 0 Å². The number of hydrogen-bond acceptors (Lipinski definition) is 3. The number of nitrogens with one attached hydrogen (secondary N) is 1. The van der Waals surface area contributed by atoms with Crippen LogP contribution in [0.4, 0.5) is 5.69 Å². The standard InChI is InChI=1S/C16H26N2O/c1-14(2)19-13-5-9-17-10-12-18-11-8-15-6-3-4-7-16(15)18/h3-4,6-7,14,17H,5,8-13H2,1-2H3. The van der Waals surface area contributed by atoms with Gasteiger partial charge < -0.3 is 15.0 Å². The van der Waals surface area contributed by atoms with Gasteiger partial charge in [-0.05, 0) is 44.9 Å². The summed E-state index contributed by atoms with van der Waals surface area (Å²) in [6.45, 7) is 9.38. The third-order valence-electron chi connectivity index (χ3n) is 3.49. The van der Waals surface area contributed by atoms with Gasteiger partial charge in [0.2, 0.25) is 0 Å². The van der Waals surface area contributed by atoms with E-state index in [1.807, 2.05) is 0 Å². The lowest BCUT2D eigenvalue weighted by atomic mass is 10.2. The lowest BCUT2D eigenvalue weighted by Crippen LogP contribution is -2.31. The molecular weight excluding hydrogens is 236 g/mol. The molecule has 106 valence electrons. The maximum atomic E-state index is 5.52. The summed E-state index contributed by atoms with van der Waals surface area (Å²) >= 11 is 0. The number of hydrogen-bond donors (Lipinski definition) is 1. The molecule has 2 rings (SSSR count). The molecular formula is C16H26N2O. The van der Waals surface area contributed by atoms with Crippen molar-refractivity contribution < 1.29 is 4.74 Å². The first-order valence-electron chi connectivity index (χ1n) is 7.42. The maximum absolute atomic E-state index is 5.52. The second-order valence-corrected chi connectivity index (χ2v) is 5.39. The van der Waals surface area contributed by atoms with Gasteiger partial charge in [-0.2, -0.15) is 0 Å². The van der Waals surface area contributed by atoms with Gasteiger partial charge in [0.15, 0.2) is 0 Å². The first-order chi connectivity index (χ1) is 9.27. The van der Waals surface area contributed by atoms with Crippen LogP contribution in [0.15, 0.2) is 24.3 Å². The molecule has 3 nitrogen and oxygen atoms in total. The molecule has 0 fully saturated rings. The SMILES string of the molecule is CC(C)OCCCNCCN1CCc2ccccc21. The first-order valence-corrected chi connectivity index (χ1v) is 7.42. The van der Waals surface area contributed by atoms with Gasteiger partial charge in [0.25, 0.3) is 0 Å². The van der Waals surface area contributed by atoms with Crippen molar-refractivity contribution in [1.82, 2.24) is 5.32 Å². The summed E-state index contributed by atoms with van der Waals surface area (Å²) in [6, 6.07) is 8.74. The minimum atomic E-state index is 0.348. The Hall–Kier alpha value is -1.06. The molecule has 0 aliphatic carbocycles. The summed E-state index contributed by atoms with van der Waals surface area (Å²) in [5, 5.41) is 3.50. The molecule has 0 amide bonds. The van der Waals surface area contributed by atoms with E-state index in [4.69, 9.17) is 4.74 Å². The first kappa shape index (κ1) is 14.4. The molecule has 1 N–H and O–H groups in total. The number of fused-ring (bicyclic) bond motifs is 1. The van der Waals surface area contributed by atoms with E-state index in [0.717, 1.165) is 39.2 Å². The van der Waals surface area contributed by atoms with E-state index in [1.54, 1.807) is 0 Å². The molecule has 3 heteroatoms. The number of para-hydroxylation sites is 1. The predicted molar refractivity (Wildman–Crippen MR) is 80.9 cm³/mol. The quantitative estimate of drug-likeness (QED) is 0.728. The molecule has 0 spiro atoms. The van der Waals surface area contributed by atoms with E-state index in [-0.39, 0.29) is 0 Å². The molecule has 0 aromatic heterocycles. The highest BCUT2D eigenvalue weighted by molar-refractivity contribution is 5.57. The smallest absolute Gasteiger partial charge is 0.0518 e. The summed E-state index contributed by atoms with van der Waals surface area (Å²) in [5.74, 6) is 0. The Bertz CT molecular complexity index is 379. The highest BCUT2D eigenvalue weighted by Crippen LogP contribution is 2.26. The van der Waals surface area contributed by atoms with Crippen LogP contribution >= 0.6 is 0 Å². The fourth-order valence-corrected chi connectivity index (χ4v) is 2.49. The Morgan fingerprint density at radius 2 is 2.11 bits per heavy atom. The second-order valence-electron chi connectivity index (χ2n) is 5.39. The van der Waals surface area contributed by atoms with Crippen molar-refractivity contribution in [2.24, 2.45) is 0 Å². The zero-order valence-electron chi connectivity index (χ0n) is 12.2. The van der Waals surface area contributed by atoms with Gasteiger partial charge in [0, 0.05) is 31.9 Å². The fourth-order valence-electron chi connectivity index (χ4n) is 2.49. The van der Waals surface area contributed by atoms with Crippen LogP contribution in [-0.2, 0) is 11.2 Å². The normalized spacial score (nSPS) is 14.2. The van der Waals surface area contributed by atoms with Gasteiger partial charge in [-0.3, -0.25) is 0 Å². The molecule has 1 heterocycles. The minimum absolute atomic E-state index is 0.348. The fraction of sp³-hybridized carbons (Fsp3) is 0.625. The maximum Gasteiger partial charge on any atom is 0.0518 e. The van der Waals surface area contributed by atoms with Crippen LogP contribution < -0.4 is 10.2 Å². The van der Waals surface area contributed by atoms with Crippen LogP contribution in [0.25, 0.3) is 0 Å². The summed E-state index contributed by atoms with van der Waals surface area (Å²) in [6.07, 6.45) is 2.63. The summed E-state index contributed by atoms with van der Waals surface area (Å²) in [5.41, 5.74) is 2.92. The lowest BCUT2D eigenvalue weighted by Gasteiger charge is -2.19. The van der Waals surface area contributed by atoms with Gasteiger partial charge >= 0.3 is 0 Å². The second kappa shape index (κ2) is 7.51. The molecule has 1 aromatic carbocycles. The van der Waals surface area contributed by atoms with Crippen molar-refractivity contribution in [2.75, 3.05) is 37.7 Å². The molecule has 0 bridgehead atoms. The zero-order valence-corrected chi connectivity index (χ0v) is 12.2. The minimum Gasteiger partial charge on any atom is -0.379 e.